The number of hydrogen-bond acceptors (Lipinski definition) is 5. The number of nitriles is 1. The fourth-order valence-electron chi connectivity index (χ4n) is 3.35. The maximum atomic E-state index is 13.7. The van der Waals surface area contributed by atoms with Crippen molar-refractivity contribution in [3.63, 3.8) is 0 Å². The maximum Gasteiger partial charge on any atom is 0.328 e. The topological polar surface area (TPSA) is 84.2 Å². The normalized spacial score (nSPS) is 24.5. The minimum Gasteiger partial charge on any atom is -0.465 e. The van der Waals surface area contributed by atoms with Gasteiger partial charge in [-0.3, -0.25) is 4.79 Å². The number of benzene rings is 2. The summed E-state index contributed by atoms with van der Waals surface area (Å²) in [6, 6.07) is 14.7. The predicted molar refractivity (Wildman–Crippen MR) is 91.2 cm³/mol. The highest BCUT2D eigenvalue weighted by atomic mass is 32.2. The van der Waals surface area contributed by atoms with Crippen LogP contribution in [0.25, 0.3) is 0 Å². The average molecular weight is 373 g/mol. The van der Waals surface area contributed by atoms with E-state index in [2.05, 4.69) is 0 Å². The Morgan fingerprint density at radius 1 is 1.23 bits per heavy atom. The molecule has 0 unspecified atom stereocenters. The largest absolute Gasteiger partial charge is 0.465 e. The average Bonchev–Trinajstić information content (AvgIpc) is 3.34. The van der Waals surface area contributed by atoms with Crippen molar-refractivity contribution in [1.82, 2.24) is 0 Å². The van der Waals surface area contributed by atoms with Crippen LogP contribution in [0.4, 0.5) is 4.39 Å². The van der Waals surface area contributed by atoms with Crippen molar-refractivity contribution in [2.45, 2.75) is 23.0 Å². The Kier molecular flexibility index (Phi) is 4.55. The van der Waals surface area contributed by atoms with Crippen LogP contribution < -0.4 is 0 Å². The zero-order chi connectivity index (χ0) is 18.9. The van der Waals surface area contributed by atoms with Crippen LogP contribution in [0, 0.1) is 22.6 Å². The lowest BCUT2D eigenvalue weighted by atomic mass is 10.0. The Morgan fingerprint density at radius 2 is 1.92 bits per heavy atom. The molecule has 7 heteroatoms. The van der Waals surface area contributed by atoms with Gasteiger partial charge in [0.15, 0.2) is 15.3 Å². The molecule has 26 heavy (non-hydrogen) atoms. The highest BCUT2D eigenvalue weighted by Gasteiger charge is 2.77. The van der Waals surface area contributed by atoms with Gasteiger partial charge in [-0.1, -0.05) is 30.3 Å². The first-order chi connectivity index (χ1) is 12.4. The number of esters is 1. The molecule has 3 rings (SSSR count). The van der Waals surface area contributed by atoms with Gasteiger partial charge in [-0.15, -0.1) is 0 Å². The van der Waals surface area contributed by atoms with Crippen molar-refractivity contribution < 1.29 is 22.3 Å². The predicted octanol–water partition coefficient (Wildman–Crippen LogP) is 2.84. The minimum atomic E-state index is -4.00. The van der Waals surface area contributed by atoms with Crippen LogP contribution >= 0.6 is 0 Å². The van der Waals surface area contributed by atoms with Crippen LogP contribution in [0.15, 0.2) is 59.5 Å². The van der Waals surface area contributed by atoms with Gasteiger partial charge in [-0.2, -0.15) is 5.26 Å². The van der Waals surface area contributed by atoms with E-state index in [-0.39, 0.29) is 17.1 Å². The number of nitrogens with zero attached hydrogens (tertiary/aromatic N) is 1. The summed E-state index contributed by atoms with van der Waals surface area (Å²) in [4.78, 5) is 12.5. The van der Waals surface area contributed by atoms with Crippen LogP contribution in [0.5, 0.6) is 0 Å². The number of carbonyl (C=O) groups is 1. The fraction of sp³-hybridized carbons (Fsp3) is 0.263. The smallest absolute Gasteiger partial charge is 0.328 e. The van der Waals surface area contributed by atoms with Gasteiger partial charge in [0.25, 0.3) is 0 Å². The van der Waals surface area contributed by atoms with Crippen molar-refractivity contribution >= 4 is 15.8 Å². The van der Waals surface area contributed by atoms with Crippen LogP contribution in [-0.4, -0.2) is 26.2 Å². The van der Waals surface area contributed by atoms with E-state index in [1.165, 1.54) is 30.3 Å². The third-order valence-corrected chi connectivity index (χ3v) is 6.79. The van der Waals surface area contributed by atoms with E-state index in [1.54, 1.807) is 25.1 Å². The van der Waals surface area contributed by atoms with Crippen molar-refractivity contribution in [2.75, 3.05) is 6.61 Å². The quantitative estimate of drug-likeness (QED) is 0.753. The molecule has 3 atom stereocenters. The van der Waals surface area contributed by atoms with Crippen molar-refractivity contribution in [3.8, 4) is 6.07 Å². The van der Waals surface area contributed by atoms with Gasteiger partial charge in [0.1, 0.15) is 11.1 Å². The van der Waals surface area contributed by atoms with Gasteiger partial charge in [0, 0.05) is 5.92 Å². The number of carbonyl (C=O) groups excluding carboxylic acids is 1. The van der Waals surface area contributed by atoms with E-state index < -0.39 is 38.2 Å². The first kappa shape index (κ1) is 18.1. The van der Waals surface area contributed by atoms with Crippen molar-refractivity contribution in [1.29, 1.82) is 5.26 Å². The van der Waals surface area contributed by atoms with E-state index in [4.69, 9.17) is 4.74 Å². The van der Waals surface area contributed by atoms with Gasteiger partial charge in [0.05, 0.1) is 17.6 Å². The number of hydrogen-bond donors (Lipinski definition) is 0. The monoisotopic (exact) mass is 373 g/mol. The second-order valence-electron chi connectivity index (χ2n) is 6.01. The van der Waals surface area contributed by atoms with E-state index in [0.717, 1.165) is 6.07 Å². The summed E-state index contributed by atoms with van der Waals surface area (Å²) in [5.41, 5.74) is -1.61. The number of halogens is 1. The molecule has 0 spiro atoms. The summed E-state index contributed by atoms with van der Waals surface area (Å²) in [6.45, 7) is 1.58. The second kappa shape index (κ2) is 6.54. The molecule has 1 saturated carbocycles. The van der Waals surface area contributed by atoms with Gasteiger partial charge in [0.2, 0.25) is 0 Å². The first-order valence-electron chi connectivity index (χ1n) is 8.02. The van der Waals surface area contributed by atoms with E-state index >= 15 is 0 Å². The highest BCUT2D eigenvalue weighted by molar-refractivity contribution is 7.92. The molecule has 1 fully saturated rings. The summed E-state index contributed by atoms with van der Waals surface area (Å²) >= 11 is 0. The molecule has 2 aromatic carbocycles. The minimum absolute atomic E-state index is 0.00725. The molecule has 0 amide bonds. The molecule has 0 heterocycles. The van der Waals surface area contributed by atoms with Crippen LogP contribution in [0.1, 0.15) is 18.4 Å². The lowest BCUT2D eigenvalue weighted by Gasteiger charge is -2.09. The zero-order valence-electron chi connectivity index (χ0n) is 13.9. The second-order valence-corrected chi connectivity index (χ2v) is 8.08. The van der Waals surface area contributed by atoms with E-state index in [0.29, 0.717) is 0 Å². The lowest BCUT2D eigenvalue weighted by molar-refractivity contribution is -0.147. The molecular formula is C19H16FNO4S. The molecule has 0 aliphatic heterocycles. The van der Waals surface area contributed by atoms with Crippen LogP contribution in [-0.2, 0) is 19.4 Å². The number of rotatable bonds is 5. The van der Waals surface area contributed by atoms with Crippen LogP contribution in [0.3, 0.4) is 0 Å². The molecule has 1 aliphatic rings. The molecular weight excluding hydrogens is 357 g/mol. The number of sulfone groups is 1. The summed E-state index contributed by atoms with van der Waals surface area (Å²) < 4.78 is 44.8. The summed E-state index contributed by atoms with van der Waals surface area (Å²) in [7, 11) is -4.00. The third kappa shape index (κ3) is 2.67. The van der Waals surface area contributed by atoms with E-state index in [1.807, 2.05) is 6.07 Å². The van der Waals surface area contributed by atoms with Crippen LogP contribution in [0.2, 0.25) is 0 Å². The summed E-state index contributed by atoms with van der Waals surface area (Å²) in [5, 5.41) is 8.40. The third-order valence-electron chi connectivity index (χ3n) is 4.55. The molecule has 5 nitrogen and oxygen atoms in total. The molecule has 1 aliphatic carbocycles. The Bertz CT molecular complexity index is 984. The molecule has 0 radical (unpaired) electrons. The number of ether oxygens (including phenoxy) is 1. The molecule has 2 aromatic rings. The Hall–Kier alpha value is -2.72. The Labute approximate surface area is 150 Å². The summed E-state index contributed by atoms with van der Waals surface area (Å²) in [6.07, 6.45) is 0. The summed E-state index contributed by atoms with van der Waals surface area (Å²) in [5.74, 6) is -2.46. The lowest BCUT2D eigenvalue weighted by Crippen LogP contribution is -2.25. The molecule has 134 valence electrons. The Morgan fingerprint density at radius 3 is 2.50 bits per heavy atom. The van der Waals surface area contributed by atoms with E-state index in [9.17, 15) is 22.9 Å². The Balaban J connectivity index is 2.15. The molecule has 0 saturated heterocycles. The molecule has 0 aromatic heterocycles. The molecule has 0 N–H and O–H groups in total. The standard InChI is InChI=1S/C19H16FNO4S/c1-2-25-18(22)19(12-21)16(13-7-6-8-14(20)11-13)17(19)26(23,24)15-9-4-3-5-10-15/h3-11,16-17H,2H2,1H3/t16-,17-,19-/m1/s1. The first-order valence-corrected chi connectivity index (χ1v) is 9.57. The van der Waals surface area contributed by atoms with Crippen molar-refractivity contribution in [3.05, 3.63) is 66.0 Å². The van der Waals surface area contributed by atoms with Gasteiger partial charge in [-0.25, -0.2) is 12.8 Å². The van der Waals surface area contributed by atoms with Gasteiger partial charge >= 0.3 is 5.97 Å². The highest BCUT2D eigenvalue weighted by Crippen LogP contribution is 2.64. The van der Waals surface area contributed by atoms with Gasteiger partial charge in [-0.05, 0) is 36.8 Å². The maximum absolute atomic E-state index is 13.7. The SMILES string of the molecule is CCOC(=O)[C@]1(C#N)[C@H](c2cccc(F)c2)[C@H]1S(=O)(=O)c1ccccc1. The molecule has 0 bridgehead atoms. The fourth-order valence-corrected chi connectivity index (χ4v) is 5.61. The zero-order valence-corrected chi connectivity index (χ0v) is 14.7. The van der Waals surface area contributed by atoms with Gasteiger partial charge < -0.3 is 4.74 Å². The van der Waals surface area contributed by atoms with Crippen molar-refractivity contribution in [2.24, 2.45) is 5.41 Å².